The van der Waals surface area contributed by atoms with Crippen LogP contribution < -0.4 is 0 Å². The zero-order chi connectivity index (χ0) is 16.8. The number of benzene rings is 1. The first-order valence-corrected chi connectivity index (χ1v) is 7.93. The molecule has 1 heterocycles. The molecule has 1 unspecified atom stereocenters. The molecule has 1 atom stereocenters. The van der Waals surface area contributed by atoms with E-state index < -0.39 is 0 Å². The predicted molar refractivity (Wildman–Crippen MR) is 90.0 cm³/mol. The lowest BCUT2D eigenvalue weighted by molar-refractivity contribution is 0.0666. The van der Waals surface area contributed by atoms with Gasteiger partial charge in [0, 0.05) is 32.9 Å². The molecule has 0 aliphatic rings. The molecule has 1 aromatic heterocycles. The Hall–Kier alpha value is -2.14. The highest BCUT2D eigenvalue weighted by molar-refractivity contribution is 5.95. The van der Waals surface area contributed by atoms with E-state index in [-0.39, 0.29) is 11.9 Å². The lowest BCUT2D eigenvalue weighted by Crippen LogP contribution is -2.38. The number of amides is 1. The van der Waals surface area contributed by atoms with Gasteiger partial charge in [-0.05, 0) is 18.9 Å². The number of methoxy groups -OCH3 is 1. The number of carbonyl (C=O) groups excluding carboxylic acids is 1. The van der Waals surface area contributed by atoms with Gasteiger partial charge in [0.1, 0.15) is 5.69 Å². The summed E-state index contributed by atoms with van der Waals surface area (Å²) < 4.78 is 6.84. The molecule has 5 nitrogen and oxygen atoms in total. The van der Waals surface area contributed by atoms with Crippen molar-refractivity contribution in [2.75, 3.05) is 7.11 Å². The second-order valence-corrected chi connectivity index (χ2v) is 5.77. The maximum atomic E-state index is 13.1. The van der Waals surface area contributed by atoms with Gasteiger partial charge in [0.05, 0.1) is 12.2 Å². The number of hydrogen-bond acceptors (Lipinski definition) is 3. The minimum absolute atomic E-state index is 0.00310. The normalized spacial score (nSPS) is 12.2. The molecule has 0 saturated heterocycles. The van der Waals surface area contributed by atoms with Crippen LogP contribution in [0, 0.1) is 0 Å². The van der Waals surface area contributed by atoms with E-state index in [9.17, 15) is 4.79 Å². The van der Waals surface area contributed by atoms with Gasteiger partial charge in [-0.25, -0.2) is 0 Å². The first-order chi connectivity index (χ1) is 11.1. The summed E-state index contributed by atoms with van der Waals surface area (Å²) in [4.78, 5) is 15.0. The summed E-state index contributed by atoms with van der Waals surface area (Å²) in [5, 5.41) is 4.34. The average Bonchev–Trinajstić information content (AvgIpc) is 2.93. The van der Waals surface area contributed by atoms with Gasteiger partial charge in [-0.3, -0.25) is 9.48 Å². The highest BCUT2D eigenvalue weighted by Gasteiger charge is 2.25. The fourth-order valence-corrected chi connectivity index (χ4v) is 2.54. The Balaban J connectivity index is 2.30. The maximum Gasteiger partial charge on any atom is 0.257 e. The largest absolute Gasteiger partial charge is 0.378 e. The van der Waals surface area contributed by atoms with Crippen molar-refractivity contribution in [3.05, 3.63) is 53.3 Å². The molecule has 1 amide bonds. The number of aromatic nitrogens is 2. The van der Waals surface area contributed by atoms with Crippen LogP contribution in [0.25, 0.3) is 0 Å². The summed E-state index contributed by atoms with van der Waals surface area (Å²) in [6, 6.07) is 10.2. The van der Waals surface area contributed by atoms with Crippen LogP contribution in [-0.4, -0.2) is 33.7 Å². The molecular weight excluding hydrogens is 290 g/mol. The third kappa shape index (κ3) is 4.20. The fourth-order valence-electron chi connectivity index (χ4n) is 2.54. The summed E-state index contributed by atoms with van der Waals surface area (Å²) in [5.74, 6) is 0.00310. The van der Waals surface area contributed by atoms with Gasteiger partial charge in [-0.15, -0.1) is 0 Å². The third-order valence-corrected chi connectivity index (χ3v) is 4.00. The van der Waals surface area contributed by atoms with Crippen molar-refractivity contribution in [1.82, 2.24) is 14.7 Å². The van der Waals surface area contributed by atoms with Crippen molar-refractivity contribution in [3.8, 4) is 0 Å². The Kier molecular flexibility index (Phi) is 5.93. The molecule has 5 heteroatoms. The minimum atomic E-state index is 0.00310. The van der Waals surface area contributed by atoms with Gasteiger partial charge in [0.2, 0.25) is 0 Å². The molecular formula is C18H25N3O2. The molecule has 124 valence electrons. The van der Waals surface area contributed by atoms with E-state index in [4.69, 9.17) is 4.74 Å². The highest BCUT2D eigenvalue weighted by Crippen LogP contribution is 2.18. The second-order valence-electron chi connectivity index (χ2n) is 5.77. The summed E-state index contributed by atoms with van der Waals surface area (Å²) in [6.45, 7) is 5.10. The van der Waals surface area contributed by atoms with Crippen LogP contribution in [0.2, 0.25) is 0 Å². The molecule has 1 aromatic carbocycles. The quantitative estimate of drug-likeness (QED) is 0.789. The van der Waals surface area contributed by atoms with Crippen molar-refractivity contribution in [3.63, 3.8) is 0 Å². The molecule has 0 radical (unpaired) electrons. The molecule has 0 N–H and O–H groups in total. The van der Waals surface area contributed by atoms with E-state index in [1.165, 1.54) is 0 Å². The van der Waals surface area contributed by atoms with Crippen LogP contribution in [0.5, 0.6) is 0 Å². The van der Waals surface area contributed by atoms with Gasteiger partial charge in [0.25, 0.3) is 5.91 Å². The van der Waals surface area contributed by atoms with E-state index in [0.717, 1.165) is 12.0 Å². The second kappa shape index (κ2) is 7.92. The standard InChI is InChI=1S/C18H25N3O2/c1-5-14(2)21(11-15-9-7-6-8-10-15)18(22)16-12-20(3)19-17(16)13-23-4/h6-10,12,14H,5,11,13H2,1-4H3. The Bertz CT molecular complexity index is 637. The average molecular weight is 315 g/mol. The van der Waals surface area contributed by atoms with Crippen LogP contribution >= 0.6 is 0 Å². The Morgan fingerprint density at radius 1 is 1.35 bits per heavy atom. The maximum absolute atomic E-state index is 13.1. The summed E-state index contributed by atoms with van der Waals surface area (Å²) in [5.41, 5.74) is 2.42. The molecule has 0 saturated carbocycles. The van der Waals surface area contributed by atoms with Gasteiger partial charge in [-0.1, -0.05) is 37.3 Å². The Labute approximate surface area is 137 Å². The smallest absolute Gasteiger partial charge is 0.257 e. The number of nitrogens with zero attached hydrogens (tertiary/aromatic N) is 3. The van der Waals surface area contributed by atoms with Gasteiger partial charge in [-0.2, -0.15) is 5.10 Å². The van der Waals surface area contributed by atoms with Crippen molar-refractivity contribution in [1.29, 1.82) is 0 Å². The number of aryl methyl sites for hydroxylation is 1. The number of rotatable bonds is 7. The van der Waals surface area contributed by atoms with E-state index in [1.807, 2.05) is 42.3 Å². The number of carbonyl (C=O) groups is 1. The van der Waals surface area contributed by atoms with E-state index >= 15 is 0 Å². The molecule has 2 aromatic rings. The zero-order valence-corrected chi connectivity index (χ0v) is 14.3. The number of ether oxygens (including phenoxy) is 1. The fraction of sp³-hybridized carbons (Fsp3) is 0.444. The highest BCUT2D eigenvalue weighted by atomic mass is 16.5. The molecule has 0 aliphatic heterocycles. The summed E-state index contributed by atoms with van der Waals surface area (Å²) in [6.07, 6.45) is 2.68. The van der Waals surface area contributed by atoms with E-state index in [0.29, 0.717) is 24.4 Å². The molecule has 0 aliphatic carbocycles. The van der Waals surface area contributed by atoms with Crippen molar-refractivity contribution in [2.24, 2.45) is 7.05 Å². The lowest BCUT2D eigenvalue weighted by atomic mass is 10.1. The topological polar surface area (TPSA) is 47.4 Å². The minimum Gasteiger partial charge on any atom is -0.378 e. The van der Waals surface area contributed by atoms with E-state index in [2.05, 4.69) is 18.9 Å². The molecule has 2 rings (SSSR count). The van der Waals surface area contributed by atoms with Crippen LogP contribution in [0.15, 0.2) is 36.5 Å². The van der Waals surface area contributed by atoms with Crippen LogP contribution in [0.1, 0.15) is 41.9 Å². The third-order valence-electron chi connectivity index (χ3n) is 4.00. The van der Waals surface area contributed by atoms with Crippen LogP contribution in [0.3, 0.4) is 0 Å². The van der Waals surface area contributed by atoms with Gasteiger partial charge < -0.3 is 9.64 Å². The van der Waals surface area contributed by atoms with Crippen molar-refractivity contribution < 1.29 is 9.53 Å². The van der Waals surface area contributed by atoms with Crippen LogP contribution in [0.4, 0.5) is 0 Å². The Morgan fingerprint density at radius 3 is 2.65 bits per heavy atom. The summed E-state index contributed by atoms with van der Waals surface area (Å²) in [7, 11) is 3.43. The number of hydrogen-bond donors (Lipinski definition) is 0. The van der Waals surface area contributed by atoms with Crippen LogP contribution in [-0.2, 0) is 24.9 Å². The van der Waals surface area contributed by atoms with Crippen molar-refractivity contribution >= 4 is 5.91 Å². The lowest BCUT2D eigenvalue weighted by Gasteiger charge is -2.28. The first-order valence-electron chi connectivity index (χ1n) is 7.93. The monoisotopic (exact) mass is 315 g/mol. The van der Waals surface area contributed by atoms with Gasteiger partial charge in [0.15, 0.2) is 0 Å². The molecule has 0 bridgehead atoms. The predicted octanol–water partition coefficient (Wildman–Crippen LogP) is 3.01. The zero-order valence-electron chi connectivity index (χ0n) is 14.3. The SMILES string of the molecule is CCC(C)N(Cc1ccccc1)C(=O)c1cn(C)nc1COC. The van der Waals surface area contributed by atoms with Gasteiger partial charge >= 0.3 is 0 Å². The molecule has 0 fully saturated rings. The first kappa shape index (κ1) is 17.2. The summed E-state index contributed by atoms with van der Waals surface area (Å²) >= 11 is 0. The molecule has 23 heavy (non-hydrogen) atoms. The van der Waals surface area contributed by atoms with E-state index in [1.54, 1.807) is 18.0 Å². The molecule has 0 spiro atoms. The van der Waals surface area contributed by atoms with Crippen molar-refractivity contribution in [2.45, 2.75) is 39.5 Å². The Morgan fingerprint density at radius 2 is 2.04 bits per heavy atom.